The van der Waals surface area contributed by atoms with Gasteiger partial charge in [0.05, 0.1) is 0 Å². The van der Waals surface area contributed by atoms with Crippen molar-refractivity contribution in [3.8, 4) is 11.5 Å². The van der Waals surface area contributed by atoms with Crippen LogP contribution in [0.5, 0.6) is 11.5 Å². The molecule has 0 unspecified atom stereocenters. The van der Waals surface area contributed by atoms with Gasteiger partial charge in [0.15, 0.2) is 23.1 Å². The zero-order valence-electron chi connectivity index (χ0n) is 23.2. The lowest BCUT2D eigenvalue weighted by atomic mass is 10.0. The molecule has 0 aliphatic carbocycles. The second kappa shape index (κ2) is 15.8. The van der Waals surface area contributed by atoms with Gasteiger partial charge in [-0.25, -0.2) is 17.6 Å². The van der Waals surface area contributed by atoms with E-state index in [1.807, 2.05) is 12.1 Å². The minimum Gasteiger partial charge on any atom is -0.486 e. The fraction of sp³-hybridized carbons (Fsp3) is 0.314. The van der Waals surface area contributed by atoms with Gasteiger partial charge in [0.1, 0.15) is 24.8 Å². The average molecular weight is 565 g/mol. The van der Waals surface area contributed by atoms with Gasteiger partial charge in [-0.05, 0) is 96.5 Å². The zero-order chi connectivity index (χ0) is 28.9. The minimum atomic E-state index is -0.378. The first-order valence-electron chi connectivity index (χ1n) is 14.3. The fourth-order valence-electron chi connectivity index (χ4n) is 4.66. The lowest BCUT2D eigenvalue weighted by Crippen LogP contribution is -1.98. The molecule has 0 saturated heterocycles. The summed E-state index contributed by atoms with van der Waals surface area (Å²) in [5, 5.41) is 0. The molecule has 216 valence electrons. The SMILES string of the molecule is Fc1ccc(COc2ccc(CCCCCCCCCc3ccc(OCc4ccc(F)cc4)c(F)c3)cc2F)cc1. The van der Waals surface area contributed by atoms with Gasteiger partial charge in [-0.15, -0.1) is 0 Å². The number of rotatable bonds is 16. The van der Waals surface area contributed by atoms with Crippen LogP contribution in [0.4, 0.5) is 17.6 Å². The quantitative estimate of drug-likeness (QED) is 0.0996. The Balaban J connectivity index is 1.04. The molecule has 0 aliphatic heterocycles. The molecule has 41 heavy (non-hydrogen) atoms. The first-order valence-corrected chi connectivity index (χ1v) is 14.3. The van der Waals surface area contributed by atoms with Gasteiger partial charge in [0.2, 0.25) is 0 Å². The number of benzene rings is 4. The highest BCUT2D eigenvalue weighted by atomic mass is 19.1. The molecule has 0 radical (unpaired) electrons. The van der Waals surface area contributed by atoms with Gasteiger partial charge in [0, 0.05) is 0 Å². The van der Waals surface area contributed by atoms with Crippen LogP contribution in [0.15, 0.2) is 84.9 Å². The van der Waals surface area contributed by atoms with E-state index in [4.69, 9.17) is 9.47 Å². The molecule has 0 atom stereocenters. The molecule has 4 aromatic rings. The number of unbranched alkanes of at least 4 members (excludes halogenated alkanes) is 6. The monoisotopic (exact) mass is 564 g/mol. The molecule has 0 spiro atoms. The highest BCUT2D eigenvalue weighted by molar-refractivity contribution is 5.31. The first kappa shape index (κ1) is 30.2. The summed E-state index contributed by atoms with van der Waals surface area (Å²) in [7, 11) is 0. The molecule has 2 nitrogen and oxygen atoms in total. The van der Waals surface area contributed by atoms with Crippen molar-refractivity contribution < 1.29 is 27.0 Å². The maximum atomic E-state index is 14.4. The Labute approximate surface area is 240 Å². The largest absolute Gasteiger partial charge is 0.486 e. The van der Waals surface area contributed by atoms with Crippen LogP contribution in [0.2, 0.25) is 0 Å². The summed E-state index contributed by atoms with van der Waals surface area (Å²) >= 11 is 0. The van der Waals surface area contributed by atoms with Crippen LogP contribution < -0.4 is 9.47 Å². The van der Waals surface area contributed by atoms with E-state index in [0.717, 1.165) is 80.0 Å². The Kier molecular flexibility index (Phi) is 11.7. The molecule has 0 amide bonds. The Morgan fingerprint density at radius 2 is 0.732 bits per heavy atom. The lowest BCUT2D eigenvalue weighted by Gasteiger charge is -2.09. The molecule has 0 heterocycles. The van der Waals surface area contributed by atoms with Gasteiger partial charge in [-0.2, -0.15) is 0 Å². The topological polar surface area (TPSA) is 18.5 Å². The van der Waals surface area contributed by atoms with E-state index in [2.05, 4.69) is 0 Å². The van der Waals surface area contributed by atoms with Crippen molar-refractivity contribution in [2.75, 3.05) is 0 Å². The summed E-state index contributed by atoms with van der Waals surface area (Å²) in [5.74, 6) is -0.978. The molecular formula is C35H36F4O2. The summed E-state index contributed by atoms with van der Waals surface area (Å²) in [5.41, 5.74) is 3.47. The molecular weight excluding hydrogens is 528 g/mol. The number of ether oxygens (including phenoxy) is 2. The van der Waals surface area contributed by atoms with Crippen molar-refractivity contribution in [1.29, 1.82) is 0 Å². The third-order valence-electron chi connectivity index (χ3n) is 7.04. The van der Waals surface area contributed by atoms with E-state index in [-0.39, 0.29) is 48.0 Å². The molecule has 0 aromatic heterocycles. The van der Waals surface area contributed by atoms with E-state index in [0.29, 0.717) is 0 Å². The molecule has 4 rings (SSSR count). The van der Waals surface area contributed by atoms with Crippen molar-refractivity contribution >= 4 is 0 Å². The Morgan fingerprint density at radius 1 is 0.390 bits per heavy atom. The molecule has 6 heteroatoms. The number of hydrogen-bond acceptors (Lipinski definition) is 2. The van der Waals surface area contributed by atoms with Crippen LogP contribution in [0, 0.1) is 23.3 Å². The third kappa shape index (κ3) is 10.3. The fourth-order valence-corrected chi connectivity index (χ4v) is 4.66. The van der Waals surface area contributed by atoms with E-state index in [1.54, 1.807) is 36.4 Å². The zero-order valence-corrected chi connectivity index (χ0v) is 23.2. The van der Waals surface area contributed by atoms with Crippen molar-refractivity contribution in [1.82, 2.24) is 0 Å². The standard InChI is InChI=1S/C35H36F4O2/c36-30-16-10-28(11-17-30)24-40-34-20-14-26(22-32(34)38)8-6-4-2-1-3-5-7-9-27-15-21-35(33(39)23-27)41-25-29-12-18-31(37)19-13-29/h10-23H,1-9,24-25H2. The van der Waals surface area contributed by atoms with E-state index in [9.17, 15) is 17.6 Å². The normalized spacial score (nSPS) is 11.0. The molecule has 0 N–H and O–H groups in total. The second-order valence-corrected chi connectivity index (χ2v) is 10.3. The van der Waals surface area contributed by atoms with E-state index < -0.39 is 0 Å². The molecule has 0 saturated carbocycles. The van der Waals surface area contributed by atoms with Crippen molar-refractivity contribution in [3.05, 3.63) is 130 Å². The van der Waals surface area contributed by atoms with Gasteiger partial charge in [0.25, 0.3) is 0 Å². The average Bonchev–Trinajstić information content (AvgIpc) is 2.97. The predicted molar refractivity (Wildman–Crippen MR) is 154 cm³/mol. The van der Waals surface area contributed by atoms with Gasteiger partial charge < -0.3 is 9.47 Å². The van der Waals surface area contributed by atoms with Crippen LogP contribution in [-0.4, -0.2) is 0 Å². The maximum Gasteiger partial charge on any atom is 0.165 e. The van der Waals surface area contributed by atoms with Gasteiger partial charge in [-0.3, -0.25) is 0 Å². The van der Waals surface area contributed by atoms with E-state index in [1.165, 1.54) is 36.4 Å². The lowest BCUT2D eigenvalue weighted by molar-refractivity contribution is 0.290. The Morgan fingerprint density at radius 3 is 1.10 bits per heavy atom. The van der Waals surface area contributed by atoms with Crippen LogP contribution in [0.1, 0.15) is 67.2 Å². The first-order chi connectivity index (χ1) is 20.0. The highest BCUT2D eigenvalue weighted by Crippen LogP contribution is 2.23. The summed E-state index contributed by atoms with van der Waals surface area (Å²) in [6.07, 6.45) is 9.26. The molecule has 0 fully saturated rings. The van der Waals surface area contributed by atoms with Crippen LogP contribution >= 0.6 is 0 Å². The van der Waals surface area contributed by atoms with Gasteiger partial charge >= 0.3 is 0 Å². The molecule has 4 aromatic carbocycles. The van der Waals surface area contributed by atoms with Crippen molar-refractivity contribution in [2.45, 2.75) is 71.0 Å². The Bertz CT molecular complexity index is 1250. The van der Waals surface area contributed by atoms with Crippen LogP contribution in [0.3, 0.4) is 0 Å². The number of aryl methyl sites for hydroxylation is 2. The Hall–Kier alpha value is -3.80. The molecule has 0 bridgehead atoms. The highest BCUT2D eigenvalue weighted by Gasteiger charge is 2.07. The maximum absolute atomic E-state index is 14.4. The smallest absolute Gasteiger partial charge is 0.165 e. The minimum absolute atomic E-state index is 0.189. The summed E-state index contributed by atoms with van der Waals surface area (Å²) in [6.45, 7) is 0.378. The predicted octanol–water partition coefficient (Wildman–Crippen LogP) is 9.92. The summed E-state index contributed by atoms with van der Waals surface area (Å²) in [4.78, 5) is 0. The summed E-state index contributed by atoms with van der Waals surface area (Å²) in [6, 6.07) is 22.1. The number of halogens is 4. The van der Waals surface area contributed by atoms with Crippen LogP contribution in [-0.2, 0) is 26.1 Å². The van der Waals surface area contributed by atoms with Crippen molar-refractivity contribution in [2.24, 2.45) is 0 Å². The third-order valence-corrected chi connectivity index (χ3v) is 7.04. The van der Waals surface area contributed by atoms with Crippen molar-refractivity contribution in [3.63, 3.8) is 0 Å². The van der Waals surface area contributed by atoms with Crippen LogP contribution in [0.25, 0.3) is 0 Å². The van der Waals surface area contributed by atoms with E-state index >= 15 is 0 Å². The molecule has 0 aliphatic rings. The van der Waals surface area contributed by atoms with Gasteiger partial charge in [-0.1, -0.05) is 68.5 Å². The second-order valence-electron chi connectivity index (χ2n) is 10.3. The summed E-state index contributed by atoms with van der Waals surface area (Å²) < 4.78 is 65.9. The number of hydrogen-bond donors (Lipinski definition) is 0.